The Morgan fingerprint density at radius 2 is 2.12 bits per heavy atom. The molecule has 2 N–H and O–H groups in total. The van der Waals surface area contributed by atoms with Gasteiger partial charge in [0.05, 0.1) is 10.3 Å². The summed E-state index contributed by atoms with van der Waals surface area (Å²) in [5.74, 6) is 0. The van der Waals surface area contributed by atoms with Crippen LogP contribution in [-0.4, -0.2) is 21.9 Å². The van der Waals surface area contributed by atoms with Gasteiger partial charge in [0.1, 0.15) is 0 Å². The van der Waals surface area contributed by atoms with Crippen molar-refractivity contribution >= 4 is 0 Å². The Kier molecular flexibility index (Phi) is 3.62. The van der Waals surface area contributed by atoms with Gasteiger partial charge in [0.15, 0.2) is 0 Å². The van der Waals surface area contributed by atoms with Crippen molar-refractivity contribution in [1.82, 2.24) is 0 Å². The molecule has 1 rings (SSSR count). The average Bonchev–Trinajstić information content (AvgIpc) is 2.22. The molecule has 0 amide bonds. The summed E-state index contributed by atoms with van der Waals surface area (Å²) in [4.78, 5) is 20.7. The van der Waals surface area contributed by atoms with Gasteiger partial charge >= 0.3 is 0 Å². The Hall–Kier alpha value is -1.76. The average molecular weight is 241 g/mol. The Morgan fingerprint density at radius 1 is 1.53 bits per heavy atom. The van der Waals surface area contributed by atoms with Crippen LogP contribution < -0.4 is 5.73 Å². The second-order valence-electron chi connectivity index (χ2n) is 4.29. The van der Waals surface area contributed by atoms with E-state index in [0.717, 1.165) is 0 Å². The Labute approximate surface area is 98.3 Å². The zero-order chi connectivity index (χ0) is 13.2. The van der Waals surface area contributed by atoms with E-state index in [4.69, 9.17) is 5.73 Å². The highest BCUT2D eigenvalue weighted by Gasteiger charge is 2.47. The van der Waals surface area contributed by atoms with Gasteiger partial charge in [-0.1, -0.05) is 13.0 Å². The molecule has 0 spiro atoms. The van der Waals surface area contributed by atoms with Gasteiger partial charge in [-0.05, 0) is 6.92 Å². The van der Waals surface area contributed by atoms with Crippen molar-refractivity contribution < 1.29 is 9.85 Å². The fraction of sp³-hybridized carbons (Fsp3) is 0.600. The molecule has 0 heterocycles. The molecule has 0 saturated heterocycles. The van der Waals surface area contributed by atoms with Gasteiger partial charge in [-0.3, -0.25) is 20.2 Å². The third-order valence-corrected chi connectivity index (χ3v) is 3.22. The van der Waals surface area contributed by atoms with E-state index in [0.29, 0.717) is 0 Å². The van der Waals surface area contributed by atoms with Crippen molar-refractivity contribution in [2.45, 2.75) is 32.4 Å². The molecular weight excluding hydrogens is 226 g/mol. The molecule has 0 aliphatic heterocycles. The lowest BCUT2D eigenvalue weighted by molar-refractivity contribution is -0.539. The summed E-state index contributed by atoms with van der Waals surface area (Å²) in [5.41, 5.74) is 4.66. The lowest BCUT2D eigenvalue weighted by atomic mass is 9.72. The molecule has 0 radical (unpaired) electrons. The predicted octanol–water partition coefficient (Wildman–Crippen LogP) is 1.11. The quantitative estimate of drug-likeness (QED) is 0.585. The van der Waals surface area contributed by atoms with E-state index in [1.165, 1.54) is 18.2 Å². The molecule has 0 aromatic rings. The van der Waals surface area contributed by atoms with Crippen LogP contribution in [0.3, 0.4) is 0 Å². The summed E-state index contributed by atoms with van der Waals surface area (Å²) in [6.07, 6.45) is 4.31. The lowest BCUT2D eigenvalue weighted by Gasteiger charge is -2.33. The van der Waals surface area contributed by atoms with Gasteiger partial charge in [-0.2, -0.15) is 0 Å². The van der Waals surface area contributed by atoms with Crippen molar-refractivity contribution in [1.29, 1.82) is 0 Å². The molecule has 1 aliphatic rings. The second kappa shape index (κ2) is 4.62. The van der Waals surface area contributed by atoms with Crippen LogP contribution in [0.1, 0.15) is 20.3 Å². The first-order valence-electron chi connectivity index (χ1n) is 5.27. The van der Waals surface area contributed by atoms with E-state index in [9.17, 15) is 20.2 Å². The number of nitrogens with two attached hydrogens (primary N) is 1. The van der Waals surface area contributed by atoms with Gasteiger partial charge < -0.3 is 5.73 Å². The fourth-order valence-electron chi connectivity index (χ4n) is 2.12. The Morgan fingerprint density at radius 3 is 2.53 bits per heavy atom. The Balaban J connectivity index is 3.20. The van der Waals surface area contributed by atoms with E-state index >= 15 is 0 Å². The molecular formula is C10H15N3O4. The largest absolute Gasteiger partial charge is 0.323 e. The topological polar surface area (TPSA) is 112 Å². The highest BCUT2D eigenvalue weighted by molar-refractivity contribution is 5.27. The first kappa shape index (κ1) is 13.3. The van der Waals surface area contributed by atoms with Crippen molar-refractivity contribution in [2.24, 2.45) is 11.1 Å². The number of nitro groups is 2. The van der Waals surface area contributed by atoms with Gasteiger partial charge in [0.2, 0.25) is 6.04 Å². The minimum absolute atomic E-state index is 0.144. The van der Waals surface area contributed by atoms with Crippen LogP contribution >= 0.6 is 0 Å². The van der Waals surface area contributed by atoms with Gasteiger partial charge in [0.25, 0.3) is 5.70 Å². The van der Waals surface area contributed by atoms with Crippen LogP contribution in [0.25, 0.3) is 0 Å². The summed E-state index contributed by atoms with van der Waals surface area (Å²) >= 11 is 0. The lowest BCUT2D eigenvalue weighted by Crippen LogP contribution is -2.50. The van der Waals surface area contributed by atoms with Crippen LogP contribution in [0.5, 0.6) is 0 Å². The van der Waals surface area contributed by atoms with E-state index < -0.39 is 27.3 Å². The van der Waals surface area contributed by atoms with Crippen LogP contribution in [0.2, 0.25) is 0 Å². The second-order valence-corrected chi connectivity index (χ2v) is 4.29. The smallest absolute Gasteiger partial charge is 0.266 e. The molecule has 7 nitrogen and oxygen atoms in total. The van der Waals surface area contributed by atoms with Gasteiger partial charge in [-0.15, -0.1) is 0 Å². The molecule has 94 valence electrons. The standard InChI is InChI=1S/C10H15N3O4/c1-3-9(13(16)17)10(2)6-7(12(14)15)4-5-8(10)11/h4-6,8-9H,3,11H2,1-2H3. The number of hydrogen-bond donors (Lipinski definition) is 1. The first-order chi connectivity index (χ1) is 7.82. The highest BCUT2D eigenvalue weighted by Crippen LogP contribution is 2.35. The molecule has 0 aromatic heterocycles. The fourth-order valence-corrected chi connectivity index (χ4v) is 2.12. The molecule has 0 bridgehead atoms. The van der Waals surface area contributed by atoms with Crippen molar-refractivity contribution in [2.75, 3.05) is 0 Å². The third kappa shape index (κ3) is 2.33. The van der Waals surface area contributed by atoms with Crippen molar-refractivity contribution in [3.05, 3.63) is 44.2 Å². The summed E-state index contributed by atoms with van der Waals surface area (Å²) in [6, 6.07) is -1.53. The van der Waals surface area contributed by atoms with E-state index in [-0.39, 0.29) is 12.1 Å². The van der Waals surface area contributed by atoms with Crippen LogP contribution in [0.4, 0.5) is 0 Å². The van der Waals surface area contributed by atoms with Crippen LogP contribution in [-0.2, 0) is 0 Å². The minimum atomic E-state index is -1.03. The number of rotatable bonds is 4. The van der Waals surface area contributed by atoms with Gasteiger partial charge in [0, 0.05) is 29.5 Å². The maximum absolute atomic E-state index is 11.0. The molecule has 0 fully saturated rings. The van der Waals surface area contributed by atoms with E-state index in [2.05, 4.69) is 0 Å². The van der Waals surface area contributed by atoms with E-state index in [1.807, 2.05) is 0 Å². The first-order valence-corrected chi connectivity index (χ1v) is 5.27. The monoisotopic (exact) mass is 241 g/mol. The summed E-state index contributed by atoms with van der Waals surface area (Å²) < 4.78 is 0. The maximum atomic E-state index is 11.0. The third-order valence-electron chi connectivity index (χ3n) is 3.22. The van der Waals surface area contributed by atoms with Gasteiger partial charge in [-0.25, -0.2) is 0 Å². The molecule has 3 unspecified atom stereocenters. The number of allylic oxidation sites excluding steroid dienone is 1. The molecule has 7 heteroatoms. The maximum Gasteiger partial charge on any atom is 0.266 e. The zero-order valence-corrected chi connectivity index (χ0v) is 9.70. The predicted molar refractivity (Wildman–Crippen MR) is 61.4 cm³/mol. The SMILES string of the molecule is CCC([N+](=O)[O-])C1(C)C=C([N+](=O)[O-])C=CC1N. The zero-order valence-electron chi connectivity index (χ0n) is 9.70. The number of hydrogen-bond acceptors (Lipinski definition) is 5. The van der Waals surface area contributed by atoms with Crippen LogP contribution in [0.15, 0.2) is 23.9 Å². The molecule has 17 heavy (non-hydrogen) atoms. The van der Waals surface area contributed by atoms with Crippen LogP contribution in [0, 0.1) is 25.6 Å². The molecule has 0 saturated carbocycles. The van der Waals surface area contributed by atoms with Crippen molar-refractivity contribution in [3.8, 4) is 0 Å². The summed E-state index contributed by atoms with van der Waals surface area (Å²) in [7, 11) is 0. The summed E-state index contributed by atoms with van der Waals surface area (Å²) in [6.45, 7) is 3.26. The Bertz CT molecular complexity index is 404. The highest BCUT2D eigenvalue weighted by atomic mass is 16.6. The van der Waals surface area contributed by atoms with Crippen molar-refractivity contribution in [3.63, 3.8) is 0 Å². The molecule has 3 atom stereocenters. The summed E-state index contributed by atoms with van der Waals surface area (Å²) in [5, 5.41) is 21.7. The molecule has 0 aromatic carbocycles. The molecule has 1 aliphatic carbocycles. The number of nitrogens with zero attached hydrogens (tertiary/aromatic N) is 2. The van der Waals surface area contributed by atoms with E-state index in [1.54, 1.807) is 13.8 Å². The normalized spacial score (nSPS) is 29.6. The minimum Gasteiger partial charge on any atom is -0.323 e.